The summed E-state index contributed by atoms with van der Waals surface area (Å²) in [6.45, 7) is 41.5. The van der Waals surface area contributed by atoms with Gasteiger partial charge in [-0.1, -0.05) is 40.5 Å². The molecule has 3 aliphatic rings. The molecule has 0 bridgehead atoms. The van der Waals surface area contributed by atoms with Crippen LogP contribution in [-0.2, 0) is 0 Å². The van der Waals surface area contributed by atoms with E-state index in [0.717, 1.165) is 25.7 Å². The molecular weight excluding hydrogens is 534 g/mol. The van der Waals surface area contributed by atoms with Crippen molar-refractivity contribution in [3.63, 3.8) is 0 Å². The second kappa shape index (κ2) is 10.6. The summed E-state index contributed by atoms with van der Waals surface area (Å²) < 4.78 is 0. The first-order chi connectivity index (χ1) is 19.9. The van der Waals surface area contributed by atoms with Gasteiger partial charge in [0.25, 0.3) is 0 Å². The summed E-state index contributed by atoms with van der Waals surface area (Å²) in [5, 5.41) is 0. The third-order valence-corrected chi connectivity index (χ3v) is 14.3. The Labute approximate surface area is 272 Å². The van der Waals surface area contributed by atoms with Crippen molar-refractivity contribution in [3.05, 3.63) is 63.8 Å². The van der Waals surface area contributed by atoms with Gasteiger partial charge in [0.15, 0.2) is 0 Å². The Balaban J connectivity index is 1.73. The van der Waals surface area contributed by atoms with Crippen LogP contribution in [0.3, 0.4) is 0 Å². The lowest BCUT2D eigenvalue weighted by molar-refractivity contribution is -0.0355. The molecule has 4 rings (SSSR count). The lowest BCUT2D eigenvalue weighted by atomic mass is 9.77. The van der Waals surface area contributed by atoms with E-state index >= 15 is 0 Å². The lowest BCUT2D eigenvalue weighted by Crippen LogP contribution is -2.63. The minimum atomic E-state index is -0.0558. The van der Waals surface area contributed by atoms with Gasteiger partial charge in [0, 0.05) is 33.4 Å². The molecule has 0 spiro atoms. The zero-order chi connectivity index (χ0) is 33.6. The predicted octanol–water partition coefficient (Wildman–Crippen LogP) is 10.7. The van der Waals surface area contributed by atoms with Crippen LogP contribution < -0.4 is 4.90 Å². The summed E-state index contributed by atoms with van der Waals surface area (Å²) in [6.07, 6.45) is 4.51. The zero-order valence-electron chi connectivity index (χ0n) is 32.1. The largest absolute Gasteiger partial charge is 0.354 e. The molecule has 0 amide bonds. The van der Waals surface area contributed by atoms with Gasteiger partial charge in [-0.2, -0.15) is 0 Å². The number of anilines is 1. The molecule has 3 heteroatoms. The molecule has 0 N–H and O–H groups in total. The fourth-order valence-electron chi connectivity index (χ4n) is 10.4. The Morgan fingerprint density at radius 2 is 0.864 bits per heavy atom. The highest BCUT2D eigenvalue weighted by Gasteiger charge is 2.59. The molecule has 4 unspecified atom stereocenters. The normalized spacial score (nSPS) is 34.7. The van der Waals surface area contributed by atoms with Crippen molar-refractivity contribution in [2.75, 3.05) is 11.9 Å². The molecule has 3 aliphatic heterocycles. The van der Waals surface area contributed by atoms with Crippen LogP contribution in [0.15, 0.2) is 63.8 Å². The first kappa shape index (κ1) is 35.0. The monoisotopic (exact) mass is 602 g/mol. The summed E-state index contributed by atoms with van der Waals surface area (Å²) in [7, 11) is 2.34. The smallest absolute Gasteiger partial charge is 0.0596 e. The maximum absolute atomic E-state index is 2.94. The lowest BCUT2D eigenvalue weighted by Gasteiger charge is -2.55. The van der Waals surface area contributed by atoms with Crippen molar-refractivity contribution in [2.45, 2.75) is 182 Å². The second-order valence-corrected chi connectivity index (χ2v) is 17.7. The van der Waals surface area contributed by atoms with E-state index in [1.807, 2.05) is 0 Å². The van der Waals surface area contributed by atoms with Crippen LogP contribution in [0.1, 0.15) is 143 Å². The Hall–Kier alpha value is -1.84. The van der Waals surface area contributed by atoms with Gasteiger partial charge in [-0.25, -0.2) is 0 Å². The standard InChI is InChI=1S/C41H67N3/c1-28-30(3)38(14,42(18)36(28,10)11)24-26-40(16)32(5)33(6)41(17,44(40)35(7,8)9)27-25-39(15)31(4)29(2)37(12,13)43(39)34-22-20-19-21-23-34/h19-23H,24-27H2,1-18H3. The summed E-state index contributed by atoms with van der Waals surface area (Å²) in [5.74, 6) is 0. The van der Waals surface area contributed by atoms with Crippen LogP contribution in [0.2, 0.25) is 0 Å². The molecule has 4 atom stereocenters. The van der Waals surface area contributed by atoms with Gasteiger partial charge < -0.3 is 4.90 Å². The van der Waals surface area contributed by atoms with Crippen molar-refractivity contribution >= 4 is 5.69 Å². The number of likely N-dealkylation sites (N-methyl/N-ethyl adjacent to an activating group) is 1. The molecule has 0 radical (unpaired) electrons. The highest BCUT2D eigenvalue weighted by Crippen LogP contribution is 2.57. The number of benzene rings is 1. The van der Waals surface area contributed by atoms with Crippen molar-refractivity contribution in [1.29, 1.82) is 0 Å². The molecule has 0 fully saturated rings. The summed E-state index contributed by atoms with van der Waals surface area (Å²) in [5.41, 5.74) is 10.7. The minimum Gasteiger partial charge on any atom is -0.354 e. The first-order valence-electron chi connectivity index (χ1n) is 17.3. The molecule has 1 aromatic rings. The Morgan fingerprint density at radius 3 is 1.27 bits per heavy atom. The third-order valence-electron chi connectivity index (χ3n) is 14.3. The van der Waals surface area contributed by atoms with E-state index in [9.17, 15) is 0 Å². The molecule has 0 saturated heterocycles. The summed E-state index contributed by atoms with van der Waals surface area (Å²) in [6, 6.07) is 11.1. The van der Waals surface area contributed by atoms with Gasteiger partial charge in [0.1, 0.15) is 0 Å². The Bertz CT molecular complexity index is 1380. The van der Waals surface area contributed by atoms with Crippen LogP contribution in [0, 0.1) is 0 Å². The molecule has 0 aromatic heterocycles. The van der Waals surface area contributed by atoms with Crippen LogP contribution in [0.4, 0.5) is 5.69 Å². The summed E-state index contributed by atoms with van der Waals surface area (Å²) in [4.78, 5) is 8.31. The maximum Gasteiger partial charge on any atom is 0.0596 e. The van der Waals surface area contributed by atoms with Gasteiger partial charge in [0.2, 0.25) is 0 Å². The molecule has 246 valence electrons. The van der Waals surface area contributed by atoms with Crippen molar-refractivity contribution in [2.24, 2.45) is 0 Å². The summed E-state index contributed by atoms with van der Waals surface area (Å²) >= 11 is 0. The quantitative estimate of drug-likeness (QED) is 0.288. The molecule has 0 aliphatic carbocycles. The number of nitrogens with zero attached hydrogens (tertiary/aromatic N) is 3. The highest BCUT2D eigenvalue weighted by molar-refractivity contribution is 5.62. The SMILES string of the molecule is CC1=C(C)C(C)(CCC2(C)C(C)=C(C)C(C)(CCC3(C)C(C)=C(C)C(C)(C)N3c3ccccc3)N2C(C)(C)C)N(C)C1(C)C. The first-order valence-corrected chi connectivity index (χ1v) is 17.3. The maximum atomic E-state index is 2.94. The molecular formula is C41H67N3. The molecule has 1 aromatic carbocycles. The number of hydrogen-bond donors (Lipinski definition) is 0. The Morgan fingerprint density at radius 1 is 0.500 bits per heavy atom. The minimum absolute atomic E-state index is 0.0147. The van der Waals surface area contributed by atoms with Gasteiger partial charge in [0.05, 0.1) is 11.1 Å². The molecule has 3 heterocycles. The van der Waals surface area contributed by atoms with Crippen LogP contribution in [0.25, 0.3) is 0 Å². The van der Waals surface area contributed by atoms with Gasteiger partial charge in [-0.15, -0.1) is 0 Å². The van der Waals surface area contributed by atoms with Gasteiger partial charge in [-0.05, 0) is 174 Å². The average molecular weight is 602 g/mol. The van der Waals surface area contributed by atoms with E-state index in [-0.39, 0.29) is 38.8 Å². The van der Waals surface area contributed by atoms with Gasteiger partial charge in [-0.3, -0.25) is 9.80 Å². The average Bonchev–Trinajstić information content (AvgIpc) is 3.24. The van der Waals surface area contributed by atoms with E-state index in [4.69, 9.17) is 0 Å². The van der Waals surface area contributed by atoms with E-state index in [1.165, 1.54) is 22.4 Å². The van der Waals surface area contributed by atoms with Crippen LogP contribution in [0.5, 0.6) is 0 Å². The Kier molecular flexibility index (Phi) is 8.43. The van der Waals surface area contributed by atoms with Crippen LogP contribution >= 0.6 is 0 Å². The van der Waals surface area contributed by atoms with E-state index in [0.29, 0.717) is 0 Å². The van der Waals surface area contributed by atoms with Crippen molar-refractivity contribution in [3.8, 4) is 0 Å². The van der Waals surface area contributed by atoms with E-state index < -0.39 is 0 Å². The van der Waals surface area contributed by atoms with Gasteiger partial charge >= 0.3 is 0 Å². The van der Waals surface area contributed by atoms with Crippen LogP contribution in [-0.4, -0.2) is 55.6 Å². The fraction of sp³-hybridized carbons (Fsp3) is 0.707. The predicted molar refractivity (Wildman–Crippen MR) is 194 cm³/mol. The van der Waals surface area contributed by atoms with E-state index in [2.05, 4.69) is 170 Å². The highest BCUT2D eigenvalue weighted by atomic mass is 15.3. The molecule has 0 saturated carbocycles. The third kappa shape index (κ3) is 4.73. The topological polar surface area (TPSA) is 9.72 Å². The molecule has 44 heavy (non-hydrogen) atoms. The second-order valence-electron chi connectivity index (χ2n) is 17.7. The van der Waals surface area contributed by atoms with E-state index in [1.54, 1.807) is 16.7 Å². The number of hydrogen-bond acceptors (Lipinski definition) is 3. The van der Waals surface area contributed by atoms with Crippen molar-refractivity contribution < 1.29 is 0 Å². The number of para-hydroxylation sites is 1. The fourth-order valence-corrected chi connectivity index (χ4v) is 10.4. The molecule has 3 nitrogen and oxygen atoms in total. The number of rotatable bonds is 7. The van der Waals surface area contributed by atoms with Crippen molar-refractivity contribution in [1.82, 2.24) is 9.80 Å². The zero-order valence-corrected chi connectivity index (χ0v) is 32.1.